The van der Waals surface area contributed by atoms with Gasteiger partial charge in [-0.25, -0.2) is 0 Å². The number of hydrogen-bond donors (Lipinski definition) is 1. The molecule has 1 N–H and O–H groups in total. The maximum atomic E-state index is 13.0. The fraction of sp³-hybridized carbons (Fsp3) is 0.304. The second kappa shape index (κ2) is 8.90. The standard InChI is InChI=1S/C23H26N2O5/c1-5-12-25-17-13-16(10-11-18(17)30-15-23(2,3)22(25)27)24-21(26)14-29-20-9-7-6-8-19(20)28-4/h5-11,13H,1,12,14-15H2,2-4H3,(H,24,26). The van der Waals surface area contributed by atoms with Crippen LogP contribution in [0.25, 0.3) is 0 Å². The summed E-state index contributed by atoms with van der Waals surface area (Å²) >= 11 is 0. The Morgan fingerprint density at radius 1 is 1.27 bits per heavy atom. The SMILES string of the molecule is C=CCN1C(=O)C(C)(C)COc2ccc(NC(=O)COc3ccccc3OC)cc21. The van der Waals surface area contributed by atoms with E-state index in [1.807, 2.05) is 19.9 Å². The number of para-hydroxylation sites is 2. The first-order chi connectivity index (χ1) is 14.4. The number of fused-ring (bicyclic) bond motifs is 1. The number of anilines is 2. The molecule has 0 atom stereocenters. The van der Waals surface area contributed by atoms with Crippen molar-refractivity contribution < 1.29 is 23.8 Å². The molecule has 2 amide bonds. The summed E-state index contributed by atoms with van der Waals surface area (Å²) in [4.78, 5) is 27.0. The minimum absolute atomic E-state index is 0.0656. The molecule has 0 aromatic heterocycles. The molecule has 7 nitrogen and oxygen atoms in total. The summed E-state index contributed by atoms with van der Waals surface area (Å²) in [6, 6.07) is 12.3. The van der Waals surface area contributed by atoms with Crippen molar-refractivity contribution in [1.82, 2.24) is 0 Å². The van der Waals surface area contributed by atoms with Gasteiger partial charge in [0.1, 0.15) is 12.4 Å². The summed E-state index contributed by atoms with van der Waals surface area (Å²) in [5.74, 6) is 1.21. The highest BCUT2D eigenvalue weighted by atomic mass is 16.5. The van der Waals surface area contributed by atoms with Crippen LogP contribution in [0.1, 0.15) is 13.8 Å². The van der Waals surface area contributed by atoms with Gasteiger partial charge in [-0.15, -0.1) is 6.58 Å². The van der Waals surface area contributed by atoms with Gasteiger partial charge in [-0.1, -0.05) is 18.2 Å². The van der Waals surface area contributed by atoms with Gasteiger partial charge in [0, 0.05) is 12.2 Å². The lowest BCUT2D eigenvalue weighted by Crippen LogP contribution is -2.42. The second-order valence-corrected chi connectivity index (χ2v) is 7.55. The zero-order valence-corrected chi connectivity index (χ0v) is 17.4. The smallest absolute Gasteiger partial charge is 0.262 e. The minimum Gasteiger partial charge on any atom is -0.493 e. The van der Waals surface area contributed by atoms with E-state index in [0.717, 1.165) is 0 Å². The number of nitrogens with one attached hydrogen (secondary N) is 1. The number of rotatable bonds is 7. The van der Waals surface area contributed by atoms with Crippen molar-refractivity contribution in [2.24, 2.45) is 5.41 Å². The maximum Gasteiger partial charge on any atom is 0.262 e. The predicted molar refractivity (Wildman–Crippen MR) is 115 cm³/mol. The molecule has 0 fully saturated rings. The lowest BCUT2D eigenvalue weighted by molar-refractivity contribution is -0.127. The van der Waals surface area contributed by atoms with E-state index in [2.05, 4.69) is 11.9 Å². The number of hydrogen-bond acceptors (Lipinski definition) is 5. The van der Waals surface area contributed by atoms with Crippen LogP contribution in [0, 0.1) is 5.41 Å². The number of benzene rings is 2. The van der Waals surface area contributed by atoms with E-state index in [4.69, 9.17) is 14.2 Å². The van der Waals surface area contributed by atoms with E-state index in [-0.39, 0.29) is 25.0 Å². The van der Waals surface area contributed by atoms with Gasteiger partial charge in [0.15, 0.2) is 18.1 Å². The Balaban J connectivity index is 1.75. The molecule has 2 aromatic rings. The van der Waals surface area contributed by atoms with Crippen molar-refractivity contribution in [3.8, 4) is 17.2 Å². The third kappa shape index (κ3) is 4.56. The Hall–Kier alpha value is -3.48. The van der Waals surface area contributed by atoms with Crippen LogP contribution in [-0.4, -0.2) is 38.7 Å². The molecule has 0 spiro atoms. The number of nitrogens with zero attached hydrogens (tertiary/aromatic N) is 1. The Bertz CT molecular complexity index is 954. The van der Waals surface area contributed by atoms with E-state index in [1.165, 1.54) is 7.11 Å². The first kappa shape index (κ1) is 21.2. The molecule has 2 aromatic carbocycles. The molecule has 3 rings (SSSR count). The first-order valence-corrected chi connectivity index (χ1v) is 9.61. The molecule has 0 saturated heterocycles. The lowest BCUT2D eigenvalue weighted by Gasteiger charge is -2.27. The normalized spacial score (nSPS) is 14.8. The quantitative estimate of drug-likeness (QED) is 0.705. The van der Waals surface area contributed by atoms with Gasteiger partial charge in [-0.2, -0.15) is 0 Å². The third-order valence-corrected chi connectivity index (χ3v) is 4.69. The monoisotopic (exact) mass is 410 g/mol. The molecule has 1 heterocycles. The molecule has 1 aliphatic heterocycles. The van der Waals surface area contributed by atoms with Crippen molar-refractivity contribution in [2.45, 2.75) is 13.8 Å². The van der Waals surface area contributed by atoms with Crippen LogP contribution in [0.4, 0.5) is 11.4 Å². The van der Waals surface area contributed by atoms with E-state index >= 15 is 0 Å². The molecular weight excluding hydrogens is 384 g/mol. The summed E-state index contributed by atoms with van der Waals surface area (Å²) in [7, 11) is 1.54. The Kier molecular flexibility index (Phi) is 6.30. The predicted octanol–water partition coefficient (Wildman–Crippen LogP) is 3.65. The highest BCUT2D eigenvalue weighted by molar-refractivity contribution is 6.01. The van der Waals surface area contributed by atoms with Gasteiger partial charge in [0.05, 0.1) is 18.2 Å². The first-order valence-electron chi connectivity index (χ1n) is 9.61. The van der Waals surface area contributed by atoms with Gasteiger partial charge < -0.3 is 24.4 Å². The van der Waals surface area contributed by atoms with Gasteiger partial charge >= 0.3 is 0 Å². The average molecular weight is 410 g/mol. The van der Waals surface area contributed by atoms with E-state index < -0.39 is 5.41 Å². The summed E-state index contributed by atoms with van der Waals surface area (Å²) in [5.41, 5.74) is 0.454. The topological polar surface area (TPSA) is 77.1 Å². The van der Waals surface area contributed by atoms with Crippen molar-refractivity contribution in [3.05, 3.63) is 55.1 Å². The van der Waals surface area contributed by atoms with Gasteiger partial charge in [-0.05, 0) is 44.2 Å². The zero-order chi connectivity index (χ0) is 21.7. The summed E-state index contributed by atoms with van der Waals surface area (Å²) in [5, 5.41) is 2.79. The van der Waals surface area contributed by atoms with Crippen LogP contribution in [-0.2, 0) is 9.59 Å². The molecule has 0 bridgehead atoms. The molecule has 7 heteroatoms. The van der Waals surface area contributed by atoms with Crippen LogP contribution in [0.5, 0.6) is 17.2 Å². The zero-order valence-electron chi connectivity index (χ0n) is 17.4. The lowest BCUT2D eigenvalue weighted by atomic mass is 9.93. The average Bonchev–Trinajstić information content (AvgIpc) is 2.83. The number of carbonyl (C=O) groups excluding carboxylic acids is 2. The largest absolute Gasteiger partial charge is 0.493 e. The molecule has 30 heavy (non-hydrogen) atoms. The Labute approximate surface area is 176 Å². The van der Waals surface area contributed by atoms with E-state index in [1.54, 1.807) is 47.4 Å². The second-order valence-electron chi connectivity index (χ2n) is 7.55. The third-order valence-electron chi connectivity index (χ3n) is 4.69. The number of carbonyl (C=O) groups is 2. The highest BCUT2D eigenvalue weighted by Crippen LogP contribution is 2.38. The van der Waals surface area contributed by atoms with Crippen molar-refractivity contribution in [2.75, 3.05) is 37.1 Å². The summed E-state index contributed by atoms with van der Waals surface area (Å²) in [6.07, 6.45) is 1.66. The van der Waals surface area contributed by atoms with Crippen LogP contribution >= 0.6 is 0 Å². The van der Waals surface area contributed by atoms with E-state index in [9.17, 15) is 9.59 Å². The summed E-state index contributed by atoms with van der Waals surface area (Å²) < 4.78 is 16.6. The van der Waals surface area contributed by atoms with Crippen LogP contribution < -0.4 is 24.4 Å². The molecule has 158 valence electrons. The van der Waals surface area contributed by atoms with Crippen LogP contribution in [0.2, 0.25) is 0 Å². The summed E-state index contributed by atoms with van der Waals surface area (Å²) in [6.45, 7) is 7.86. The van der Waals surface area contributed by atoms with Crippen LogP contribution in [0.15, 0.2) is 55.1 Å². The van der Waals surface area contributed by atoms with Crippen molar-refractivity contribution >= 4 is 23.2 Å². The maximum absolute atomic E-state index is 13.0. The molecule has 0 saturated carbocycles. The highest BCUT2D eigenvalue weighted by Gasteiger charge is 2.37. The fourth-order valence-corrected chi connectivity index (χ4v) is 3.11. The minimum atomic E-state index is -0.673. The molecular formula is C23H26N2O5. The van der Waals surface area contributed by atoms with Gasteiger partial charge in [0.25, 0.3) is 5.91 Å². The Morgan fingerprint density at radius 2 is 2.00 bits per heavy atom. The molecule has 0 aliphatic carbocycles. The number of ether oxygens (including phenoxy) is 3. The Morgan fingerprint density at radius 3 is 2.70 bits per heavy atom. The molecule has 0 radical (unpaired) electrons. The van der Waals surface area contributed by atoms with Gasteiger partial charge in [0.2, 0.25) is 5.91 Å². The van der Waals surface area contributed by atoms with Crippen molar-refractivity contribution in [3.63, 3.8) is 0 Å². The van der Waals surface area contributed by atoms with Crippen molar-refractivity contribution in [1.29, 1.82) is 0 Å². The molecule has 1 aliphatic rings. The number of methoxy groups -OCH3 is 1. The van der Waals surface area contributed by atoms with E-state index in [0.29, 0.717) is 35.2 Å². The van der Waals surface area contributed by atoms with Crippen LogP contribution in [0.3, 0.4) is 0 Å². The number of amides is 2. The molecule has 0 unspecified atom stereocenters. The van der Waals surface area contributed by atoms with Gasteiger partial charge in [-0.3, -0.25) is 9.59 Å². The fourth-order valence-electron chi connectivity index (χ4n) is 3.11.